The first-order valence-electron chi connectivity index (χ1n) is 2.80. The summed E-state index contributed by atoms with van der Waals surface area (Å²) in [6.07, 6.45) is 1.74. The minimum Gasteiger partial charge on any atom is -0.395 e. The van der Waals surface area contributed by atoms with E-state index >= 15 is 0 Å². The van der Waals surface area contributed by atoms with E-state index < -0.39 is 0 Å². The molecular weight excluding hydrogens is 140 g/mol. The van der Waals surface area contributed by atoms with Crippen molar-refractivity contribution in [1.82, 2.24) is 5.32 Å². The van der Waals surface area contributed by atoms with Crippen molar-refractivity contribution in [1.29, 1.82) is 0 Å². The van der Waals surface area contributed by atoms with E-state index in [1.54, 1.807) is 6.34 Å². The third-order valence-corrected chi connectivity index (χ3v) is 0.821. The Bertz CT molecular complexity index is 69.4. The number of hydrogen-bond donors (Lipinski definition) is 2. The second kappa shape index (κ2) is 7.72. The van der Waals surface area contributed by atoms with Crippen LogP contribution >= 0.6 is 11.6 Å². The van der Waals surface area contributed by atoms with Gasteiger partial charge in [0, 0.05) is 12.4 Å². The molecule has 0 aromatic rings. The molecule has 54 valence electrons. The van der Waals surface area contributed by atoms with Crippen LogP contribution in [0.5, 0.6) is 0 Å². The molecule has 0 saturated carbocycles. The lowest BCUT2D eigenvalue weighted by Gasteiger charge is -1.75. The predicted molar refractivity (Wildman–Crippen MR) is 39.2 cm³/mol. The summed E-state index contributed by atoms with van der Waals surface area (Å²) < 4.78 is 0. The smallest absolute Gasteiger partial charge is 0.0825 e. The Hall–Kier alpha value is -0.280. The van der Waals surface area contributed by atoms with E-state index in [4.69, 9.17) is 16.7 Å². The fraction of sp³-hybridized carbons (Fsp3) is 0.800. The van der Waals surface area contributed by atoms with Gasteiger partial charge in [0.25, 0.3) is 0 Å². The molecule has 0 spiro atoms. The molecule has 4 heteroatoms. The van der Waals surface area contributed by atoms with Crippen molar-refractivity contribution in [3.05, 3.63) is 0 Å². The predicted octanol–water partition coefficient (Wildman–Crippen LogP) is -0.165. The summed E-state index contributed by atoms with van der Waals surface area (Å²) in [5, 5.41) is 10.7. The van der Waals surface area contributed by atoms with Crippen LogP contribution in [0.4, 0.5) is 0 Å². The number of nitrogens with zero attached hydrogens (tertiary/aromatic N) is 1. The van der Waals surface area contributed by atoms with Gasteiger partial charge in [-0.1, -0.05) is 0 Å². The first-order chi connectivity index (χ1) is 4.41. The molecule has 0 atom stereocenters. The summed E-state index contributed by atoms with van der Waals surface area (Å²) in [7, 11) is 0. The van der Waals surface area contributed by atoms with Crippen LogP contribution in [0.3, 0.4) is 0 Å². The number of aliphatic hydroxyl groups is 1. The van der Waals surface area contributed by atoms with Crippen molar-refractivity contribution in [2.45, 2.75) is 0 Å². The molecule has 1 aliphatic heterocycles. The summed E-state index contributed by atoms with van der Waals surface area (Å²) in [5.41, 5.74) is 0. The van der Waals surface area contributed by atoms with Crippen molar-refractivity contribution in [3.63, 3.8) is 0 Å². The van der Waals surface area contributed by atoms with Crippen LogP contribution in [0.15, 0.2) is 4.99 Å². The molecule has 0 aromatic heterocycles. The maximum absolute atomic E-state index is 7.74. The second-order valence-corrected chi connectivity index (χ2v) is 1.78. The SMILES string of the molecule is C1=NCCN1.OCCCl. The van der Waals surface area contributed by atoms with E-state index in [0.717, 1.165) is 13.1 Å². The highest BCUT2D eigenvalue weighted by atomic mass is 35.5. The number of nitrogens with one attached hydrogen (secondary N) is 1. The quantitative estimate of drug-likeness (QED) is 0.510. The molecule has 0 aliphatic carbocycles. The van der Waals surface area contributed by atoms with Crippen LogP contribution < -0.4 is 5.32 Å². The van der Waals surface area contributed by atoms with Gasteiger partial charge in [0.15, 0.2) is 0 Å². The molecule has 0 aromatic carbocycles. The normalized spacial score (nSPS) is 14.0. The lowest BCUT2D eigenvalue weighted by atomic mass is 10.7. The zero-order chi connectivity index (χ0) is 6.95. The van der Waals surface area contributed by atoms with Crippen LogP contribution in [-0.2, 0) is 0 Å². The van der Waals surface area contributed by atoms with Crippen LogP contribution in [0.2, 0.25) is 0 Å². The van der Waals surface area contributed by atoms with Crippen LogP contribution in [0, 0.1) is 0 Å². The highest BCUT2D eigenvalue weighted by Crippen LogP contribution is 1.68. The summed E-state index contributed by atoms with van der Waals surface area (Å²) in [6, 6.07) is 0. The zero-order valence-electron chi connectivity index (χ0n) is 5.18. The Morgan fingerprint density at radius 3 is 2.56 bits per heavy atom. The molecule has 0 unspecified atom stereocenters. The third kappa shape index (κ3) is 7.72. The van der Waals surface area contributed by atoms with Gasteiger partial charge in [-0.15, -0.1) is 11.6 Å². The average Bonchev–Trinajstić information content (AvgIpc) is 2.43. The van der Waals surface area contributed by atoms with E-state index in [9.17, 15) is 0 Å². The minimum absolute atomic E-state index is 0.0849. The van der Waals surface area contributed by atoms with Crippen molar-refractivity contribution < 1.29 is 5.11 Å². The fourth-order valence-corrected chi connectivity index (χ4v) is 0.323. The molecule has 0 bridgehead atoms. The Morgan fingerprint density at radius 2 is 2.44 bits per heavy atom. The summed E-state index contributed by atoms with van der Waals surface area (Å²) in [6.45, 7) is 2.07. The lowest BCUT2D eigenvalue weighted by Crippen LogP contribution is -2.04. The molecule has 2 N–H and O–H groups in total. The van der Waals surface area contributed by atoms with E-state index in [0.29, 0.717) is 5.88 Å². The zero-order valence-corrected chi connectivity index (χ0v) is 5.93. The molecule has 0 amide bonds. The highest BCUT2D eigenvalue weighted by molar-refractivity contribution is 6.17. The molecule has 0 radical (unpaired) electrons. The van der Waals surface area contributed by atoms with Crippen molar-refractivity contribution in [3.8, 4) is 0 Å². The molecule has 1 heterocycles. The minimum atomic E-state index is 0.0849. The Morgan fingerprint density at radius 1 is 1.78 bits per heavy atom. The van der Waals surface area contributed by atoms with Crippen molar-refractivity contribution in [2.24, 2.45) is 4.99 Å². The Kier molecular flexibility index (Phi) is 7.48. The van der Waals surface area contributed by atoms with Gasteiger partial charge in [-0.2, -0.15) is 0 Å². The Labute approximate surface area is 59.7 Å². The standard InChI is InChI=1S/C3H6N2.C2H5ClO/c1-2-5-3-4-1;3-1-2-4/h3H,1-2H2,(H,4,5);4H,1-2H2. The topological polar surface area (TPSA) is 44.6 Å². The largest absolute Gasteiger partial charge is 0.395 e. The number of alkyl halides is 1. The summed E-state index contributed by atoms with van der Waals surface area (Å²) in [4.78, 5) is 3.85. The van der Waals surface area contributed by atoms with E-state index in [-0.39, 0.29) is 6.61 Å². The molecule has 9 heavy (non-hydrogen) atoms. The molecule has 3 nitrogen and oxygen atoms in total. The second-order valence-electron chi connectivity index (χ2n) is 1.40. The summed E-state index contributed by atoms with van der Waals surface area (Å²) >= 11 is 4.94. The third-order valence-electron chi connectivity index (χ3n) is 0.652. The van der Waals surface area contributed by atoms with E-state index in [2.05, 4.69) is 10.3 Å². The van der Waals surface area contributed by atoms with Crippen LogP contribution in [-0.4, -0.2) is 37.0 Å². The van der Waals surface area contributed by atoms with Crippen molar-refractivity contribution in [2.75, 3.05) is 25.6 Å². The van der Waals surface area contributed by atoms with Crippen LogP contribution in [0.1, 0.15) is 0 Å². The van der Waals surface area contributed by atoms with Crippen LogP contribution in [0.25, 0.3) is 0 Å². The number of aliphatic imine (C=N–C) groups is 1. The number of halogens is 1. The van der Waals surface area contributed by atoms with Crippen molar-refractivity contribution >= 4 is 17.9 Å². The molecular formula is C5H11ClN2O. The van der Waals surface area contributed by atoms with Gasteiger partial charge in [0.1, 0.15) is 0 Å². The van der Waals surface area contributed by atoms with Gasteiger partial charge in [0.2, 0.25) is 0 Å². The molecule has 1 rings (SSSR count). The number of rotatable bonds is 1. The Balaban J connectivity index is 0.000000148. The number of hydrogen-bond acceptors (Lipinski definition) is 3. The molecule has 0 saturated heterocycles. The van der Waals surface area contributed by atoms with Gasteiger partial charge in [0.05, 0.1) is 19.5 Å². The highest BCUT2D eigenvalue weighted by Gasteiger charge is 1.82. The monoisotopic (exact) mass is 150 g/mol. The first kappa shape index (κ1) is 8.72. The lowest BCUT2D eigenvalue weighted by molar-refractivity contribution is 0.321. The van der Waals surface area contributed by atoms with Gasteiger partial charge >= 0.3 is 0 Å². The van der Waals surface area contributed by atoms with Gasteiger partial charge in [-0.25, -0.2) is 0 Å². The maximum atomic E-state index is 7.74. The number of aliphatic hydroxyl groups excluding tert-OH is 1. The molecule has 0 fully saturated rings. The van der Waals surface area contributed by atoms with Gasteiger partial charge in [-0.05, 0) is 0 Å². The molecule has 1 aliphatic rings. The van der Waals surface area contributed by atoms with Gasteiger partial charge < -0.3 is 10.4 Å². The van der Waals surface area contributed by atoms with E-state index in [1.165, 1.54) is 0 Å². The average molecular weight is 151 g/mol. The fourth-order valence-electron chi connectivity index (χ4n) is 0.323. The van der Waals surface area contributed by atoms with Gasteiger partial charge in [-0.3, -0.25) is 4.99 Å². The maximum Gasteiger partial charge on any atom is 0.0825 e. The van der Waals surface area contributed by atoms with E-state index in [1.807, 2.05) is 0 Å². The summed E-state index contributed by atoms with van der Waals surface area (Å²) in [5.74, 6) is 0.347. The first-order valence-corrected chi connectivity index (χ1v) is 3.33.